The molecule has 0 spiro atoms. The Kier molecular flexibility index (Phi) is 8.14. The van der Waals surface area contributed by atoms with Crippen LogP contribution in [0.4, 0.5) is 5.69 Å². The third kappa shape index (κ3) is 6.08. The second-order valence-electron chi connectivity index (χ2n) is 9.29. The van der Waals surface area contributed by atoms with Gasteiger partial charge in [-0.25, -0.2) is 0 Å². The van der Waals surface area contributed by atoms with Crippen molar-refractivity contribution in [3.8, 4) is 17.6 Å². The lowest BCUT2D eigenvalue weighted by Gasteiger charge is -2.36. The topological polar surface area (TPSA) is 65.8 Å². The molecule has 0 unspecified atom stereocenters. The van der Waals surface area contributed by atoms with Crippen molar-refractivity contribution in [3.63, 3.8) is 0 Å². The molecule has 1 heterocycles. The Morgan fingerprint density at radius 1 is 0.949 bits per heavy atom. The van der Waals surface area contributed by atoms with Crippen molar-refractivity contribution >= 4 is 44.4 Å². The molecule has 7 heteroatoms. The van der Waals surface area contributed by atoms with Gasteiger partial charge in [-0.2, -0.15) is 5.26 Å². The van der Waals surface area contributed by atoms with E-state index < -0.39 is 0 Å². The molecule has 0 aliphatic carbocycles. The second-order valence-corrected chi connectivity index (χ2v) is 10.1. The first kappa shape index (κ1) is 26.3. The zero-order valence-corrected chi connectivity index (χ0v) is 23.2. The highest BCUT2D eigenvalue weighted by molar-refractivity contribution is 9.10. The van der Waals surface area contributed by atoms with Crippen LogP contribution in [0.2, 0.25) is 0 Å². The fraction of sp³-hybridized carbons (Fsp3) is 0.188. The number of nitrogens with zero attached hydrogens (tertiary/aromatic N) is 3. The Hall–Kier alpha value is -4.28. The first-order valence-electron chi connectivity index (χ1n) is 12.7. The third-order valence-electron chi connectivity index (χ3n) is 6.80. The minimum Gasteiger partial charge on any atom is -0.493 e. The number of carbonyl (C=O) groups is 1. The number of hydrogen-bond donors (Lipinski definition) is 0. The van der Waals surface area contributed by atoms with Crippen LogP contribution in [-0.2, 0) is 11.4 Å². The second kappa shape index (κ2) is 12.1. The summed E-state index contributed by atoms with van der Waals surface area (Å²) in [6.07, 6.45) is 1.60. The maximum atomic E-state index is 13.2. The number of halogens is 1. The number of rotatable bonds is 7. The quantitative estimate of drug-likeness (QED) is 0.185. The molecular formula is C32H28BrN3O3. The third-order valence-corrected chi connectivity index (χ3v) is 7.39. The number of anilines is 1. The van der Waals surface area contributed by atoms with Crippen LogP contribution in [0, 0.1) is 11.3 Å². The minimum atomic E-state index is -0.267. The molecule has 1 aliphatic rings. The summed E-state index contributed by atoms with van der Waals surface area (Å²) in [6, 6.07) is 30.3. The fourth-order valence-electron chi connectivity index (χ4n) is 4.73. The molecule has 0 N–H and O–H groups in total. The average molecular weight is 582 g/mol. The van der Waals surface area contributed by atoms with Crippen LogP contribution in [0.15, 0.2) is 95.0 Å². The van der Waals surface area contributed by atoms with Gasteiger partial charge in [0.1, 0.15) is 18.2 Å². The summed E-state index contributed by atoms with van der Waals surface area (Å²) in [5.74, 6) is 0.805. The van der Waals surface area contributed by atoms with Gasteiger partial charge in [-0.1, -0.05) is 54.6 Å². The number of hydrogen-bond acceptors (Lipinski definition) is 5. The number of ether oxygens (including phenoxy) is 2. The van der Waals surface area contributed by atoms with E-state index in [1.807, 2.05) is 42.5 Å². The van der Waals surface area contributed by atoms with Crippen molar-refractivity contribution in [1.82, 2.24) is 4.90 Å². The number of fused-ring (bicyclic) bond motifs is 1. The summed E-state index contributed by atoms with van der Waals surface area (Å²) in [7, 11) is 1.57. The van der Waals surface area contributed by atoms with E-state index in [-0.39, 0.29) is 11.5 Å². The van der Waals surface area contributed by atoms with Gasteiger partial charge in [0.15, 0.2) is 11.5 Å². The predicted octanol–water partition coefficient (Wildman–Crippen LogP) is 6.45. The first-order chi connectivity index (χ1) is 19.1. The number of nitriles is 1. The van der Waals surface area contributed by atoms with Crippen LogP contribution in [-0.4, -0.2) is 44.1 Å². The molecule has 4 aromatic carbocycles. The lowest BCUT2D eigenvalue weighted by Crippen LogP contribution is -2.49. The van der Waals surface area contributed by atoms with Crippen LogP contribution < -0.4 is 14.4 Å². The van der Waals surface area contributed by atoms with Gasteiger partial charge in [0, 0.05) is 31.9 Å². The number of methoxy groups -OCH3 is 1. The Balaban J connectivity index is 1.28. The molecule has 1 saturated heterocycles. The fourth-order valence-corrected chi connectivity index (χ4v) is 5.31. The Morgan fingerprint density at radius 2 is 1.67 bits per heavy atom. The van der Waals surface area contributed by atoms with Crippen LogP contribution in [0.5, 0.6) is 11.5 Å². The van der Waals surface area contributed by atoms with E-state index >= 15 is 0 Å². The van der Waals surface area contributed by atoms with Crippen LogP contribution >= 0.6 is 15.9 Å². The molecule has 0 radical (unpaired) electrons. The first-order valence-corrected chi connectivity index (χ1v) is 13.5. The van der Waals surface area contributed by atoms with Gasteiger partial charge in [-0.3, -0.25) is 4.79 Å². The van der Waals surface area contributed by atoms with Gasteiger partial charge in [-0.05, 0) is 74.2 Å². The number of benzene rings is 4. The van der Waals surface area contributed by atoms with Gasteiger partial charge >= 0.3 is 0 Å². The van der Waals surface area contributed by atoms with Gasteiger partial charge < -0.3 is 19.3 Å². The van der Waals surface area contributed by atoms with Crippen molar-refractivity contribution in [3.05, 3.63) is 106 Å². The summed E-state index contributed by atoms with van der Waals surface area (Å²) in [6.45, 7) is 2.92. The molecule has 6 nitrogen and oxygen atoms in total. The zero-order chi connectivity index (χ0) is 27.2. The standard InChI is InChI=1S/C32H28BrN3O3/c1-38-30-20-24(19-29(33)31(30)39-22-23-11-12-25-7-5-6-8-26(25)17-23)18-27(21-34)32(37)36-15-13-35(14-16-36)28-9-3-2-4-10-28/h2-12,17-20H,13-16,22H2,1H3/b27-18-. The molecular weight excluding hydrogens is 554 g/mol. The summed E-state index contributed by atoms with van der Waals surface area (Å²) in [5, 5.41) is 12.1. The zero-order valence-electron chi connectivity index (χ0n) is 21.6. The lowest BCUT2D eigenvalue weighted by molar-refractivity contribution is -0.126. The predicted molar refractivity (Wildman–Crippen MR) is 158 cm³/mol. The van der Waals surface area contributed by atoms with Crippen molar-refractivity contribution in [2.75, 3.05) is 38.2 Å². The van der Waals surface area contributed by atoms with E-state index in [4.69, 9.17) is 9.47 Å². The van der Waals surface area contributed by atoms with Gasteiger partial charge in [0.25, 0.3) is 5.91 Å². The SMILES string of the molecule is COc1cc(/C=C(/C#N)C(=O)N2CCN(c3ccccc3)CC2)cc(Br)c1OCc1ccc2ccccc2c1. The average Bonchev–Trinajstić information content (AvgIpc) is 2.99. The molecule has 0 bridgehead atoms. The summed E-state index contributed by atoms with van der Waals surface area (Å²) in [5.41, 5.74) is 2.93. The molecule has 4 aromatic rings. The normalized spacial score (nSPS) is 13.7. The van der Waals surface area contributed by atoms with E-state index in [0.717, 1.165) is 29.7 Å². The van der Waals surface area contributed by atoms with Crippen molar-refractivity contribution in [2.24, 2.45) is 0 Å². The number of piperazine rings is 1. The van der Waals surface area contributed by atoms with E-state index in [9.17, 15) is 10.1 Å². The van der Waals surface area contributed by atoms with E-state index in [2.05, 4.69) is 63.3 Å². The van der Waals surface area contributed by atoms with Crippen LogP contribution in [0.25, 0.3) is 16.8 Å². The molecule has 0 atom stereocenters. The highest BCUT2D eigenvalue weighted by Crippen LogP contribution is 2.38. The van der Waals surface area contributed by atoms with E-state index in [1.54, 1.807) is 24.2 Å². The van der Waals surface area contributed by atoms with Crippen LogP contribution in [0.1, 0.15) is 11.1 Å². The molecule has 39 heavy (non-hydrogen) atoms. The highest BCUT2D eigenvalue weighted by Gasteiger charge is 2.24. The lowest BCUT2D eigenvalue weighted by atomic mass is 10.1. The van der Waals surface area contributed by atoms with Crippen molar-refractivity contribution in [2.45, 2.75) is 6.61 Å². The molecule has 1 aliphatic heterocycles. The molecule has 196 valence electrons. The summed E-state index contributed by atoms with van der Waals surface area (Å²) in [4.78, 5) is 17.2. The van der Waals surface area contributed by atoms with Crippen LogP contribution in [0.3, 0.4) is 0 Å². The molecule has 1 amide bonds. The Labute approximate surface area is 236 Å². The van der Waals surface area contributed by atoms with Crippen molar-refractivity contribution in [1.29, 1.82) is 5.26 Å². The van der Waals surface area contributed by atoms with E-state index in [0.29, 0.717) is 41.2 Å². The molecule has 0 aromatic heterocycles. The largest absolute Gasteiger partial charge is 0.493 e. The minimum absolute atomic E-state index is 0.0851. The molecule has 1 fully saturated rings. The summed E-state index contributed by atoms with van der Waals surface area (Å²) >= 11 is 3.59. The monoisotopic (exact) mass is 581 g/mol. The number of carbonyl (C=O) groups excluding carboxylic acids is 1. The smallest absolute Gasteiger partial charge is 0.264 e. The van der Waals surface area contributed by atoms with E-state index in [1.165, 1.54) is 5.39 Å². The highest BCUT2D eigenvalue weighted by atomic mass is 79.9. The molecule has 5 rings (SSSR count). The number of para-hydroxylation sites is 1. The number of amides is 1. The van der Waals surface area contributed by atoms with Gasteiger partial charge in [-0.15, -0.1) is 0 Å². The summed E-state index contributed by atoms with van der Waals surface area (Å²) < 4.78 is 12.4. The Bertz CT molecular complexity index is 1550. The van der Waals surface area contributed by atoms with Crippen molar-refractivity contribution < 1.29 is 14.3 Å². The Morgan fingerprint density at radius 3 is 2.38 bits per heavy atom. The maximum absolute atomic E-state index is 13.2. The van der Waals surface area contributed by atoms with Gasteiger partial charge in [0.05, 0.1) is 11.6 Å². The maximum Gasteiger partial charge on any atom is 0.264 e. The molecule has 0 saturated carbocycles. The van der Waals surface area contributed by atoms with Gasteiger partial charge in [0.2, 0.25) is 0 Å².